The van der Waals surface area contributed by atoms with Crippen LogP contribution in [0, 0.1) is 5.92 Å². The fourth-order valence-electron chi connectivity index (χ4n) is 2.99. The molecule has 5 heteroatoms. The second-order valence-corrected chi connectivity index (χ2v) is 7.18. The average Bonchev–Trinajstić information content (AvgIpc) is 2.91. The zero-order valence-corrected chi connectivity index (χ0v) is 14.5. The Balaban J connectivity index is 2.21. The van der Waals surface area contributed by atoms with Crippen molar-refractivity contribution >= 4 is 21.8 Å². The van der Waals surface area contributed by atoms with E-state index in [1.807, 2.05) is 21.7 Å². The van der Waals surface area contributed by atoms with Gasteiger partial charge in [0.25, 0.3) is 5.91 Å². The number of hydrogen-bond donors (Lipinski definition) is 0. The highest BCUT2D eigenvalue weighted by atomic mass is 79.9. The maximum atomic E-state index is 12.8. The number of halogens is 1. The molecule has 2 atom stereocenters. The summed E-state index contributed by atoms with van der Waals surface area (Å²) < 4.78 is 3.01. The summed E-state index contributed by atoms with van der Waals surface area (Å²) in [7, 11) is 4.17. The fourth-order valence-corrected chi connectivity index (χ4v) is 3.43. The van der Waals surface area contributed by atoms with Gasteiger partial charge in [0.15, 0.2) is 0 Å². The van der Waals surface area contributed by atoms with Gasteiger partial charge in [-0.2, -0.15) is 0 Å². The molecule has 1 aromatic rings. The molecule has 1 aliphatic rings. The third-order valence-corrected chi connectivity index (χ3v) is 4.55. The van der Waals surface area contributed by atoms with Crippen molar-refractivity contribution in [1.29, 1.82) is 0 Å². The molecule has 0 aromatic carbocycles. The molecular formula is C15H24BrN3O. The summed E-state index contributed by atoms with van der Waals surface area (Å²) >= 11 is 3.48. The lowest BCUT2D eigenvalue weighted by molar-refractivity contribution is 0.0769. The van der Waals surface area contributed by atoms with Crippen molar-refractivity contribution in [3.05, 3.63) is 22.4 Å². The van der Waals surface area contributed by atoms with Crippen molar-refractivity contribution in [2.75, 3.05) is 27.2 Å². The van der Waals surface area contributed by atoms with Crippen LogP contribution in [-0.4, -0.2) is 53.5 Å². The normalized spacial score (nSPS) is 23.1. The standard InChI is InChI=1S/C15H24BrN3O/c1-10(2)19-8-12(16)6-13(19)15(20)18-7-11(3)14(9-18)17(4)5/h6,8,10-11,14H,7,9H2,1-5H3/t11-,14+/m1/s1. The van der Waals surface area contributed by atoms with Gasteiger partial charge < -0.3 is 14.4 Å². The SMILES string of the molecule is CC(C)n1cc(Br)cc1C(=O)N1C[C@@H](C)[C@@H](N(C)C)C1. The number of hydrogen-bond acceptors (Lipinski definition) is 2. The Hall–Kier alpha value is -0.810. The van der Waals surface area contributed by atoms with Crippen molar-refractivity contribution in [1.82, 2.24) is 14.4 Å². The van der Waals surface area contributed by atoms with Crippen LogP contribution in [-0.2, 0) is 0 Å². The minimum atomic E-state index is 0.139. The van der Waals surface area contributed by atoms with Gasteiger partial charge in [0.05, 0.1) is 0 Å². The van der Waals surface area contributed by atoms with Crippen molar-refractivity contribution < 1.29 is 4.79 Å². The molecule has 0 aliphatic carbocycles. The summed E-state index contributed by atoms with van der Waals surface area (Å²) in [5.74, 6) is 0.653. The minimum Gasteiger partial charge on any atom is -0.340 e. The van der Waals surface area contributed by atoms with Gasteiger partial charge in [-0.3, -0.25) is 4.79 Å². The summed E-state index contributed by atoms with van der Waals surface area (Å²) in [5.41, 5.74) is 0.776. The highest BCUT2D eigenvalue weighted by Crippen LogP contribution is 2.25. The first-order valence-electron chi connectivity index (χ1n) is 7.14. The van der Waals surface area contributed by atoms with Crippen LogP contribution in [0.3, 0.4) is 0 Å². The smallest absolute Gasteiger partial charge is 0.270 e. The van der Waals surface area contributed by atoms with Crippen LogP contribution in [0.2, 0.25) is 0 Å². The van der Waals surface area contributed by atoms with Gasteiger partial charge in [0.2, 0.25) is 0 Å². The van der Waals surface area contributed by atoms with E-state index in [-0.39, 0.29) is 11.9 Å². The van der Waals surface area contributed by atoms with Crippen LogP contribution in [0.5, 0.6) is 0 Å². The van der Waals surface area contributed by atoms with Crippen molar-refractivity contribution in [2.45, 2.75) is 32.9 Å². The minimum absolute atomic E-state index is 0.139. The zero-order valence-electron chi connectivity index (χ0n) is 12.9. The third-order valence-electron chi connectivity index (χ3n) is 4.11. The van der Waals surface area contributed by atoms with E-state index in [1.165, 1.54) is 0 Å². The molecule has 1 saturated heterocycles. The van der Waals surface area contributed by atoms with Crippen LogP contribution in [0.25, 0.3) is 0 Å². The predicted octanol–water partition coefficient (Wildman–Crippen LogP) is 2.85. The van der Waals surface area contributed by atoms with E-state index in [0.717, 1.165) is 23.3 Å². The Morgan fingerprint density at radius 3 is 2.55 bits per heavy atom. The number of likely N-dealkylation sites (N-methyl/N-ethyl adjacent to an activating group) is 1. The van der Waals surface area contributed by atoms with Crippen molar-refractivity contribution in [3.8, 4) is 0 Å². The van der Waals surface area contributed by atoms with Crippen LogP contribution in [0.1, 0.15) is 37.3 Å². The number of carbonyl (C=O) groups is 1. The van der Waals surface area contributed by atoms with Crippen LogP contribution < -0.4 is 0 Å². The quantitative estimate of drug-likeness (QED) is 0.845. The molecule has 4 nitrogen and oxygen atoms in total. The lowest BCUT2D eigenvalue weighted by atomic mass is 10.1. The molecule has 0 bridgehead atoms. The van der Waals surface area contributed by atoms with Crippen LogP contribution in [0.15, 0.2) is 16.7 Å². The van der Waals surface area contributed by atoms with Crippen LogP contribution in [0.4, 0.5) is 0 Å². The molecule has 0 spiro atoms. The van der Waals surface area contributed by atoms with Gasteiger partial charge in [0.1, 0.15) is 5.69 Å². The van der Waals surface area contributed by atoms with E-state index in [9.17, 15) is 4.79 Å². The van der Waals surface area contributed by atoms with Gasteiger partial charge in [-0.15, -0.1) is 0 Å². The third kappa shape index (κ3) is 2.93. The number of aromatic nitrogens is 1. The van der Waals surface area contributed by atoms with E-state index in [1.54, 1.807) is 0 Å². The Labute approximate surface area is 129 Å². The first-order chi connectivity index (χ1) is 9.31. The highest BCUT2D eigenvalue weighted by Gasteiger charge is 2.35. The van der Waals surface area contributed by atoms with E-state index < -0.39 is 0 Å². The Kier molecular flexibility index (Phi) is 4.59. The first-order valence-corrected chi connectivity index (χ1v) is 7.93. The molecule has 1 amide bonds. The van der Waals surface area contributed by atoms with E-state index in [4.69, 9.17) is 0 Å². The molecular weight excluding hydrogens is 318 g/mol. The van der Waals surface area contributed by atoms with Crippen LogP contribution >= 0.6 is 15.9 Å². The van der Waals surface area contributed by atoms with Gasteiger partial charge in [-0.25, -0.2) is 0 Å². The van der Waals surface area contributed by atoms with E-state index >= 15 is 0 Å². The lowest BCUT2D eigenvalue weighted by Crippen LogP contribution is -2.36. The summed E-state index contributed by atoms with van der Waals surface area (Å²) in [5, 5.41) is 0. The maximum Gasteiger partial charge on any atom is 0.270 e. The Morgan fingerprint density at radius 1 is 1.40 bits per heavy atom. The lowest BCUT2D eigenvalue weighted by Gasteiger charge is -2.22. The van der Waals surface area contributed by atoms with Gasteiger partial charge in [0, 0.05) is 35.8 Å². The van der Waals surface area contributed by atoms with E-state index in [0.29, 0.717) is 12.0 Å². The summed E-state index contributed by atoms with van der Waals surface area (Å²) in [6.07, 6.45) is 1.99. The van der Waals surface area contributed by atoms with Gasteiger partial charge in [-0.1, -0.05) is 6.92 Å². The second-order valence-electron chi connectivity index (χ2n) is 6.26. The molecule has 2 heterocycles. The monoisotopic (exact) mass is 341 g/mol. The highest BCUT2D eigenvalue weighted by molar-refractivity contribution is 9.10. The largest absolute Gasteiger partial charge is 0.340 e. The second kappa shape index (κ2) is 5.90. The number of carbonyl (C=O) groups excluding carboxylic acids is 1. The molecule has 0 saturated carbocycles. The Morgan fingerprint density at radius 2 is 2.05 bits per heavy atom. The molecule has 0 N–H and O–H groups in total. The molecule has 1 fully saturated rings. The number of amides is 1. The molecule has 1 aromatic heterocycles. The molecule has 1 aliphatic heterocycles. The molecule has 112 valence electrons. The molecule has 0 unspecified atom stereocenters. The molecule has 0 radical (unpaired) electrons. The average molecular weight is 342 g/mol. The van der Waals surface area contributed by atoms with Gasteiger partial charge >= 0.3 is 0 Å². The zero-order chi connectivity index (χ0) is 15.0. The number of rotatable bonds is 3. The molecule has 2 rings (SSSR count). The number of nitrogens with zero attached hydrogens (tertiary/aromatic N) is 3. The maximum absolute atomic E-state index is 12.8. The Bertz CT molecular complexity index is 495. The predicted molar refractivity (Wildman–Crippen MR) is 85.1 cm³/mol. The van der Waals surface area contributed by atoms with E-state index in [2.05, 4.69) is 55.7 Å². The summed E-state index contributed by atoms with van der Waals surface area (Å²) in [4.78, 5) is 17.0. The van der Waals surface area contributed by atoms with Gasteiger partial charge in [-0.05, 0) is 55.9 Å². The summed E-state index contributed by atoms with van der Waals surface area (Å²) in [6, 6.07) is 2.66. The first kappa shape index (κ1) is 15.6. The summed E-state index contributed by atoms with van der Waals surface area (Å²) in [6.45, 7) is 8.06. The van der Waals surface area contributed by atoms with Crippen molar-refractivity contribution in [2.24, 2.45) is 5.92 Å². The number of likely N-dealkylation sites (tertiary alicyclic amines) is 1. The fraction of sp³-hybridized carbons (Fsp3) is 0.667. The van der Waals surface area contributed by atoms with Crippen molar-refractivity contribution in [3.63, 3.8) is 0 Å². The molecule has 20 heavy (non-hydrogen) atoms. The topological polar surface area (TPSA) is 28.5 Å².